The fourth-order valence-electron chi connectivity index (χ4n) is 2.67. The largest absolute Gasteiger partial charge is 0.465 e. The van der Waals surface area contributed by atoms with Gasteiger partial charge in [0.25, 0.3) is 0 Å². The van der Waals surface area contributed by atoms with Gasteiger partial charge in [-0.2, -0.15) is 5.10 Å². The standard InChI is InChI=1S/C17H21N3O4/c1-17(2,3)24-16(22)19-9-13(10-19)20-14-6-5-11(15(21)23-4)7-12(14)8-18-20/h5-8,13H,9-10H2,1-4H3. The maximum atomic E-state index is 12.0. The number of carbonyl (C=O) groups is 2. The van der Waals surface area contributed by atoms with Crippen molar-refractivity contribution in [2.24, 2.45) is 0 Å². The zero-order valence-corrected chi connectivity index (χ0v) is 14.3. The second-order valence-electron chi connectivity index (χ2n) is 6.89. The summed E-state index contributed by atoms with van der Waals surface area (Å²) in [6.07, 6.45) is 1.42. The molecule has 2 aromatic rings. The number of hydrogen-bond donors (Lipinski definition) is 0. The van der Waals surface area contributed by atoms with Crippen LogP contribution in [0.3, 0.4) is 0 Å². The van der Waals surface area contributed by atoms with E-state index in [4.69, 9.17) is 9.47 Å². The number of ether oxygens (including phenoxy) is 2. The number of hydrogen-bond acceptors (Lipinski definition) is 5. The Labute approximate surface area is 140 Å². The molecule has 0 saturated carbocycles. The Balaban J connectivity index is 1.71. The van der Waals surface area contributed by atoms with E-state index in [1.54, 1.807) is 23.2 Å². The average Bonchev–Trinajstić information content (AvgIpc) is 2.86. The third-order valence-corrected chi connectivity index (χ3v) is 3.88. The van der Waals surface area contributed by atoms with Crippen LogP contribution in [0.4, 0.5) is 4.79 Å². The van der Waals surface area contributed by atoms with Crippen LogP contribution in [0.2, 0.25) is 0 Å². The van der Waals surface area contributed by atoms with E-state index in [1.807, 2.05) is 31.5 Å². The van der Waals surface area contributed by atoms with E-state index in [2.05, 4.69) is 5.10 Å². The van der Waals surface area contributed by atoms with Crippen molar-refractivity contribution in [3.63, 3.8) is 0 Å². The molecule has 0 N–H and O–H groups in total. The Morgan fingerprint density at radius 3 is 2.58 bits per heavy atom. The van der Waals surface area contributed by atoms with Crippen molar-refractivity contribution in [1.82, 2.24) is 14.7 Å². The first-order chi connectivity index (χ1) is 11.3. The van der Waals surface area contributed by atoms with Crippen LogP contribution in [0.15, 0.2) is 24.4 Å². The van der Waals surface area contributed by atoms with Gasteiger partial charge in [0.15, 0.2) is 0 Å². The highest BCUT2D eigenvalue weighted by molar-refractivity contribution is 5.94. The summed E-state index contributed by atoms with van der Waals surface area (Å²) < 4.78 is 12.0. The topological polar surface area (TPSA) is 73.7 Å². The highest BCUT2D eigenvalue weighted by Gasteiger charge is 2.35. The van der Waals surface area contributed by atoms with Gasteiger partial charge in [0.1, 0.15) is 5.60 Å². The lowest BCUT2D eigenvalue weighted by molar-refractivity contribution is 0.000145. The van der Waals surface area contributed by atoms with Crippen LogP contribution in [0, 0.1) is 0 Å². The average molecular weight is 331 g/mol. The van der Waals surface area contributed by atoms with Gasteiger partial charge in [0.05, 0.1) is 30.4 Å². The molecule has 1 aliphatic heterocycles. The lowest BCUT2D eigenvalue weighted by Crippen LogP contribution is -2.52. The first-order valence-corrected chi connectivity index (χ1v) is 7.82. The van der Waals surface area contributed by atoms with Crippen molar-refractivity contribution < 1.29 is 19.1 Å². The molecule has 0 atom stereocenters. The number of benzene rings is 1. The number of amides is 1. The Bertz CT molecular complexity index is 785. The van der Waals surface area contributed by atoms with Crippen LogP contribution >= 0.6 is 0 Å². The molecule has 24 heavy (non-hydrogen) atoms. The second kappa shape index (κ2) is 5.81. The molecule has 1 aromatic carbocycles. The third-order valence-electron chi connectivity index (χ3n) is 3.88. The van der Waals surface area contributed by atoms with E-state index >= 15 is 0 Å². The Hall–Kier alpha value is -2.57. The van der Waals surface area contributed by atoms with Gasteiger partial charge in [-0.05, 0) is 39.0 Å². The van der Waals surface area contributed by atoms with Gasteiger partial charge in [0.2, 0.25) is 0 Å². The number of rotatable bonds is 2. The minimum Gasteiger partial charge on any atom is -0.465 e. The first-order valence-electron chi connectivity index (χ1n) is 7.82. The van der Waals surface area contributed by atoms with E-state index in [0.29, 0.717) is 18.7 Å². The van der Waals surface area contributed by atoms with Gasteiger partial charge in [0, 0.05) is 18.5 Å². The maximum Gasteiger partial charge on any atom is 0.410 e. The molecular formula is C17H21N3O4. The van der Waals surface area contributed by atoms with Gasteiger partial charge >= 0.3 is 12.1 Å². The van der Waals surface area contributed by atoms with E-state index in [0.717, 1.165) is 10.9 Å². The lowest BCUT2D eigenvalue weighted by Gasteiger charge is -2.39. The quantitative estimate of drug-likeness (QED) is 0.791. The Kier molecular flexibility index (Phi) is 3.95. The minimum absolute atomic E-state index is 0.110. The van der Waals surface area contributed by atoms with Crippen molar-refractivity contribution >= 4 is 23.0 Å². The van der Waals surface area contributed by atoms with E-state index in [1.165, 1.54) is 7.11 Å². The lowest BCUT2D eigenvalue weighted by atomic mass is 10.1. The van der Waals surface area contributed by atoms with Crippen molar-refractivity contribution in [3.05, 3.63) is 30.0 Å². The molecule has 2 heterocycles. The predicted molar refractivity (Wildman–Crippen MR) is 87.9 cm³/mol. The van der Waals surface area contributed by atoms with E-state index < -0.39 is 5.60 Å². The number of likely N-dealkylation sites (tertiary alicyclic amines) is 1. The number of carbonyl (C=O) groups excluding carboxylic acids is 2. The third kappa shape index (κ3) is 3.06. The number of methoxy groups -OCH3 is 1. The Morgan fingerprint density at radius 1 is 1.25 bits per heavy atom. The summed E-state index contributed by atoms with van der Waals surface area (Å²) in [5.41, 5.74) is 0.926. The van der Waals surface area contributed by atoms with Crippen LogP contribution in [-0.4, -0.2) is 52.5 Å². The summed E-state index contributed by atoms with van der Waals surface area (Å²) in [6.45, 7) is 6.67. The molecule has 1 aliphatic rings. The number of aromatic nitrogens is 2. The van der Waals surface area contributed by atoms with Crippen LogP contribution in [0.1, 0.15) is 37.2 Å². The van der Waals surface area contributed by atoms with Crippen molar-refractivity contribution in [2.45, 2.75) is 32.4 Å². The van der Waals surface area contributed by atoms with Crippen LogP contribution in [-0.2, 0) is 9.47 Å². The molecule has 7 nitrogen and oxygen atoms in total. The molecule has 3 rings (SSSR count). The second-order valence-corrected chi connectivity index (χ2v) is 6.89. The highest BCUT2D eigenvalue weighted by atomic mass is 16.6. The van der Waals surface area contributed by atoms with Gasteiger partial charge in [-0.3, -0.25) is 4.68 Å². The van der Waals surface area contributed by atoms with Crippen LogP contribution in [0.25, 0.3) is 10.9 Å². The molecule has 1 aromatic heterocycles. The van der Waals surface area contributed by atoms with Gasteiger partial charge in [-0.25, -0.2) is 9.59 Å². The first kappa shape index (κ1) is 16.3. The maximum absolute atomic E-state index is 12.0. The zero-order chi connectivity index (χ0) is 17.5. The summed E-state index contributed by atoms with van der Waals surface area (Å²) in [7, 11) is 1.36. The van der Waals surface area contributed by atoms with Crippen LogP contribution < -0.4 is 0 Å². The molecule has 0 bridgehead atoms. The summed E-state index contributed by atoms with van der Waals surface area (Å²) in [5.74, 6) is -0.371. The molecular weight excluding hydrogens is 310 g/mol. The van der Waals surface area contributed by atoms with Crippen molar-refractivity contribution in [2.75, 3.05) is 20.2 Å². The molecule has 0 spiro atoms. The van der Waals surface area contributed by atoms with Crippen molar-refractivity contribution in [1.29, 1.82) is 0 Å². The predicted octanol–water partition coefficient (Wildman–Crippen LogP) is 2.61. The fourth-order valence-corrected chi connectivity index (χ4v) is 2.67. The number of esters is 1. The molecule has 1 amide bonds. The van der Waals surface area contributed by atoms with Crippen molar-refractivity contribution in [3.8, 4) is 0 Å². The minimum atomic E-state index is -0.495. The molecule has 1 saturated heterocycles. The smallest absolute Gasteiger partial charge is 0.410 e. The molecule has 7 heteroatoms. The normalized spacial score (nSPS) is 15.2. The monoisotopic (exact) mass is 331 g/mol. The molecule has 0 unspecified atom stereocenters. The summed E-state index contributed by atoms with van der Waals surface area (Å²) in [4.78, 5) is 25.2. The van der Waals surface area contributed by atoms with Gasteiger partial charge in [-0.15, -0.1) is 0 Å². The van der Waals surface area contributed by atoms with Gasteiger partial charge < -0.3 is 14.4 Å². The summed E-state index contributed by atoms with van der Waals surface area (Å²) in [5, 5.41) is 5.27. The highest BCUT2D eigenvalue weighted by Crippen LogP contribution is 2.27. The van der Waals surface area contributed by atoms with E-state index in [-0.39, 0.29) is 18.1 Å². The molecule has 1 fully saturated rings. The molecule has 0 radical (unpaired) electrons. The Morgan fingerprint density at radius 2 is 1.96 bits per heavy atom. The molecule has 0 aliphatic carbocycles. The number of fused-ring (bicyclic) bond motifs is 1. The summed E-state index contributed by atoms with van der Waals surface area (Å²) in [6, 6.07) is 5.44. The fraction of sp³-hybridized carbons (Fsp3) is 0.471. The zero-order valence-electron chi connectivity index (χ0n) is 14.3. The summed E-state index contributed by atoms with van der Waals surface area (Å²) >= 11 is 0. The SMILES string of the molecule is COC(=O)c1ccc2c(cnn2C2CN(C(=O)OC(C)(C)C)C2)c1. The number of nitrogens with zero attached hydrogens (tertiary/aromatic N) is 3. The molecule has 128 valence electrons. The van der Waals surface area contributed by atoms with Gasteiger partial charge in [-0.1, -0.05) is 0 Å². The van der Waals surface area contributed by atoms with E-state index in [9.17, 15) is 9.59 Å². The van der Waals surface area contributed by atoms with Crippen LogP contribution in [0.5, 0.6) is 0 Å².